The lowest BCUT2D eigenvalue weighted by Gasteiger charge is -2.20. The van der Waals surface area contributed by atoms with E-state index in [-0.39, 0.29) is 17.4 Å². The van der Waals surface area contributed by atoms with Gasteiger partial charge in [-0.15, -0.1) is 13.2 Å². The quantitative estimate of drug-likeness (QED) is 0.432. The molecule has 0 bridgehead atoms. The molecule has 0 saturated heterocycles. The molecule has 2 aromatic heterocycles. The average Bonchev–Trinajstić information content (AvgIpc) is 3.13. The molecule has 0 spiro atoms. The van der Waals surface area contributed by atoms with E-state index in [1.165, 1.54) is 0 Å². The van der Waals surface area contributed by atoms with Gasteiger partial charge in [-0.05, 0) is 39.3 Å². The maximum absolute atomic E-state index is 12.5. The molecule has 2 rings (SSSR count). The molecule has 0 fully saturated rings. The highest BCUT2D eigenvalue weighted by atomic mass is 16.5. The smallest absolute Gasteiger partial charge is 0.405 e. The number of hydrogen-bond donors (Lipinski definition) is 3. The summed E-state index contributed by atoms with van der Waals surface area (Å²) >= 11 is 0. The van der Waals surface area contributed by atoms with Gasteiger partial charge in [0.2, 0.25) is 5.91 Å². The fourth-order valence-corrected chi connectivity index (χ4v) is 3.10. The summed E-state index contributed by atoms with van der Waals surface area (Å²) in [5, 5.41) is 19.0. The fourth-order valence-electron chi connectivity index (χ4n) is 3.10. The van der Waals surface area contributed by atoms with Crippen LogP contribution in [0.4, 0.5) is 10.5 Å². The number of pyridine rings is 1. The summed E-state index contributed by atoms with van der Waals surface area (Å²) in [5.41, 5.74) is 2.18. The third-order valence-corrected chi connectivity index (χ3v) is 4.81. The molecule has 2 atom stereocenters. The van der Waals surface area contributed by atoms with Gasteiger partial charge in [0.1, 0.15) is 0 Å². The minimum atomic E-state index is -1.15. The zero-order valence-corrected chi connectivity index (χ0v) is 19.7. The summed E-state index contributed by atoms with van der Waals surface area (Å²) < 4.78 is 7.60. The Morgan fingerprint density at radius 1 is 1.33 bits per heavy atom. The van der Waals surface area contributed by atoms with Gasteiger partial charge in [0.15, 0.2) is 0 Å². The normalized spacial score (nSPS) is 13.1. The van der Waals surface area contributed by atoms with Gasteiger partial charge in [-0.25, -0.2) is 4.79 Å². The van der Waals surface area contributed by atoms with E-state index < -0.39 is 12.1 Å². The van der Waals surface area contributed by atoms with E-state index in [9.17, 15) is 14.7 Å². The van der Waals surface area contributed by atoms with Crippen molar-refractivity contribution >= 4 is 17.7 Å². The second-order valence-electron chi connectivity index (χ2n) is 8.60. The highest BCUT2D eigenvalue weighted by molar-refractivity contribution is 5.96. The number of rotatable bonds is 11. The van der Waals surface area contributed by atoms with Crippen molar-refractivity contribution in [2.75, 3.05) is 11.9 Å². The van der Waals surface area contributed by atoms with Crippen molar-refractivity contribution in [2.45, 2.75) is 52.3 Å². The number of carbonyl (C=O) groups excluding carboxylic acids is 1. The fraction of sp³-hybridized carbons (Fsp3) is 0.417. The van der Waals surface area contributed by atoms with Gasteiger partial charge in [0, 0.05) is 11.8 Å². The molecule has 9 heteroatoms. The van der Waals surface area contributed by atoms with E-state index in [1.807, 2.05) is 20.8 Å². The number of nitrogens with one attached hydrogen (secondary N) is 2. The van der Waals surface area contributed by atoms with Crippen molar-refractivity contribution in [2.24, 2.45) is 5.92 Å². The molecule has 2 heterocycles. The van der Waals surface area contributed by atoms with Crippen LogP contribution in [0.3, 0.4) is 0 Å². The summed E-state index contributed by atoms with van der Waals surface area (Å²) in [4.78, 5) is 28.1. The largest absolute Gasteiger partial charge is 0.465 e. The van der Waals surface area contributed by atoms with Gasteiger partial charge in [-0.1, -0.05) is 19.1 Å². The average molecular weight is 456 g/mol. The molecule has 2 aromatic rings. The lowest BCUT2D eigenvalue weighted by molar-refractivity contribution is -0.118. The van der Waals surface area contributed by atoms with Gasteiger partial charge in [-0.3, -0.25) is 14.5 Å². The molecule has 0 aromatic carbocycles. The molecule has 0 aliphatic rings. The van der Waals surface area contributed by atoms with Gasteiger partial charge >= 0.3 is 6.09 Å². The summed E-state index contributed by atoms with van der Waals surface area (Å²) in [6.07, 6.45) is 5.62. The van der Waals surface area contributed by atoms with Crippen molar-refractivity contribution in [3.8, 4) is 11.3 Å². The van der Waals surface area contributed by atoms with E-state index in [0.29, 0.717) is 36.6 Å². The summed E-state index contributed by atoms with van der Waals surface area (Å²) in [7, 11) is 0. The van der Waals surface area contributed by atoms with Crippen LogP contribution in [-0.2, 0) is 16.1 Å². The molecule has 0 radical (unpaired) electrons. The maximum Gasteiger partial charge on any atom is 0.405 e. The molecule has 178 valence electrons. The van der Waals surface area contributed by atoms with E-state index in [0.717, 1.165) is 5.56 Å². The number of hydrogen-bond acceptors (Lipinski definition) is 5. The molecule has 0 aliphatic carbocycles. The zero-order chi connectivity index (χ0) is 24.6. The minimum Gasteiger partial charge on any atom is -0.465 e. The van der Waals surface area contributed by atoms with Crippen LogP contribution in [0.1, 0.15) is 45.9 Å². The predicted molar refractivity (Wildman–Crippen MR) is 128 cm³/mol. The molecular weight excluding hydrogens is 422 g/mol. The molecule has 33 heavy (non-hydrogen) atoms. The number of carbonyl (C=O) groups is 2. The van der Waals surface area contributed by atoms with Gasteiger partial charge in [-0.2, -0.15) is 5.10 Å². The standard InChI is InChI=1S/C24H33N5O4/c1-7-9-18(28-23(31)32)19-14-17(10-11-25-19)21-20(27-22(30)16(3)8-2)15-26-29(21)12-13-33-24(4,5)6/h7-8,10-11,14-16,18,28H,1-2,9,12-13H2,3-6H3,(H,27,30)(H,31,32)/t16?,18-/m0/s1. The number of nitrogens with zero attached hydrogens (tertiary/aromatic N) is 3. The third kappa shape index (κ3) is 7.57. The monoisotopic (exact) mass is 455 g/mol. The van der Waals surface area contributed by atoms with Crippen LogP contribution < -0.4 is 10.6 Å². The first-order chi connectivity index (χ1) is 15.6. The van der Waals surface area contributed by atoms with Crippen LogP contribution in [0.25, 0.3) is 11.3 Å². The van der Waals surface area contributed by atoms with Crippen molar-refractivity contribution in [3.05, 3.63) is 55.5 Å². The summed E-state index contributed by atoms with van der Waals surface area (Å²) in [5.74, 6) is -0.585. The van der Waals surface area contributed by atoms with E-state index in [4.69, 9.17) is 4.74 Å². The Balaban J connectivity index is 2.47. The first kappa shape index (κ1) is 25.8. The van der Waals surface area contributed by atoms with Crippen LogP contribution in [0.15, 0.2) is 49.8 Å². The van der Waals surface area contributed by atoms with Gasteiger partial charge in [0.05, 0.1) is 54.0 Å². The van der Waals surface area contributed by atoms with E-state index >= 15 is 0 Å². The molecule has 0 aliphatic heterocycles. The minimum absolute atomic E-state index is 0.205. The van der Waals surface area contributed by atoms with Crippen LogP contribution in [0.5, 0.6) is 0 Å². The molecule has 2 amide bonds. The second-order valence-corrected chi connectivity index (χ2v) is 8.60. The SMILES string of the molecule is C=CC[C@H](NC(=O)O)c1cc(-c2c(NC(=O)C(C)C=C)cnn2CCOC(C)(C)C)ccn1. The first-order valence-corrected chi connectivity index (χ1v) is 10.8. The highest BCUT2D eigenvalue weighted by Gasteiger charge is 2.21. The lowest BCUT2D eigenvalue weighted by Crippen LogP contribution is -2.27. The Bertz CT molecular complexity index is 993. The van der Waals surface area contributed by atoms with Crippen molar-refractivity contribution in [1.82, 2.24) is 20.1 Å². The zero-order valence-electron chi connectivity index (χ0n) is 19.7. The summed E-state index contributed by atoms with van der Waals surface area (Å²) in [6.45, 7) is 15.9. The Morgan fingerprint density at radius 3 is 2.67 bits per heavy atom. The van der Waals surface area contributed by atoms with Crippen LogP contribution >= 0.6 is 0 Å². The molecule has 0 saturated carbocycles. The number of ether oxygens (including phenoxy) is 1. The molecular formula is C24H33N5O4. The van der Waals surface area contributed by atoms with E-state index in [1.54, 1.807) is 48.3 Å². The number of carboxylic acid groups (broad SMARTS) is 1. The Morgan fingerprint density at radius 2 is 2.06 bits per heavy atom. The molecule has 3 N–H and O–H groups in total. The topological polar surface area (TPSA) is 118 Å². The summed E-state index contributed by atoms with van der Waals surface area (Å²) in [6, 6.07) is 3.02. The number of amides is 2. The molecule has 1 unspecified atom stereocenters. The molecule has 9 nitrogen and oxygen atoms in total. The number of aromatic nitrogens is 3. The Hall–Kier alpha value is -3.46. The Kier molecular flexibility index (Phi) is 8.93. The number of anilines is 1. The Labute approximate surface area is 194 Å². The first-order valence-electron chi connectivity index (χ1n) is 10.8. The maximum atomic E-state index is 12.5. The lowest BCUT2D eigenvalue weighted by atomic mass is 10.0. The predicted octanol–water partition coefficient (Wildman–Crippen LogP) is 4.41. The van der Waals surface area contributed by atoms with Crippen LogP contribution in [0.2, 0.25) is 0 Å². The van der Waals surface area contributed by atoms with Crippen molar-refractivity contribution in [1.29, 1.82) is 0 Å². The van der Waals surface area contributed by atoms with E-state index in [2.05, 4.69) is 33.9 Å². The van der Waals surface area contributed by atoms with Crippen molar-refractivity contribution < 1.29 is 19.4 Å². The van der Waals surface area contributed by atoms with Crippen LogP contribution in [0, 0.1) is 5.92 Å². The van der Waals surface area contributed by atoms with Gasteiger partial charge < -0.3 is 20.5 Å². The van der Waals surface area contributed by atoms with Crippen LogP contribution in [-0.4, -0.2) is 44.1 Å². The van der Waals surface area contributed by atoms with Crippen molar-refractivity contribution in [3.63, 3.8) is 0 Å². The third-order valence-electron chi connectivity index (χ3n) is 4.81. The second kappa shape index (κ2) is 11.4. The highest BCUT2D eigenvalue weighted by Crippen LogP contribution is 2.30. The van der Waals surface area contributed by atoms with Gasteiger partial charge in [0.25, 0.3) is 0 Å².